The number of aromatic nitrogens is 5. The molecule has 3 N–H and O–H groups in total. The first-order valence-corrected chi connectivity index (χ1v) is 6.30. The van der Waals surface area contributed by atoms with Gasteiger partial charge in [-0.15, -0.1) is 10.2 Å². The molecule has 0 saturated carbocycles. The van der Waals surface area contributed by atoms with E-state index in [2.05, 4.69) is 25.8 Å². The first kappa shape index (κ1) is 12.6. The second kappa shape index (κ2) is 5.32. The van der Waals surface area contributed by atoms with E-state index in [0.717, 1.165) is 16.5 Å². The van der Waals surface area contributed by atoms with Gasteiger partial charge in [0.15, 0.2) is 5.82 Å². The summed E-state index contributed by atoms with van der Waals surface area (Å²) in [6.07, 6.45) is 2.35. The summed E-state index contributed by atoms with van der Waals surface area (Å²) in [7, 11) is 1.74. The fraction of sp³-hybridized carbons (Fsp3) is 0.231. The van der Waals surface area contributed by atoms with Crippen LogP contribution in [0.5, 0.6) is 0 Å². The molecule has 1 aromatic carbocycles. The number of nitrogens with two attached hydrogens (primary N) is 1. The van der Waals surface area contributed by atoms with Gasteiger partial charge in [0.05, 0.1) is 18.6 Å². The molecule has 1 atom stereocenters. The maximum absolute atomic E-state index is 5.70. The average molecular weight is 269 g/mol. The molecule has 0 saturated heterocycles. The zero-order valence-corrected chi connectivity index (χ0v) is 11.1. The Morgan fingerprint density at radius 3 is 2.95 bits per heavy atom. The topological polar surface area (TPSA) is 94.5 Å². The quantitative estimate of drug-likeness (QED) is 0.529. The number of hydrogen-bond acceptors (Lipinski definition) is 6. The number of pyridine rings is 1. The van der Waals surface area contributed by atoms with Crippen molar-refractivity contribution in [2.75, 3.05) is 0 Å². The SMILES string of the molecule is Cn1nnc(CC(NN)c2cccc3ncccc23)n1. The lowest BCUT2D eigenvalue weighted by Crippen LogP contribution is -2.30. The van der Waals surface area contributed by atoms with Gasteiger partial charge in [-0.25, -0.2) is 0 Å². The number of hydrogen-bond donors (Lipinski definition) is 2. The van der Waals surface area contributed by atoms with Crippen LogP contribution in [0.2, 0.25) is 0 Å². The Labute approximate surface area is 115 Å². The van der Waals surface area contributed by atoms with Gasteiger partial charge in [0.1, 0.15) is 0 Å². The van der Waals surface area contributed by atoms with E-state index in [9.17, 15) is 0 Å². The molecule has 0 bridgehead atoms. The van der Waals surface area contributed by atoms with Crippen LogP contribution in [0, 0.1) is 0 Å². The Hall–Kier alpha value is -2.38. The molecule has 1 unspecified atom stereocenters. The van der Waals surface area contributed by atoms with E-state index in [1.165, 1.54) is 4.80 Å². The summed E-state index contributed by atoms with van der Waals surface area (Å²) in [4.78, 5) is 5.79. The monoisotopic (exact) mass is 269 g/mol. The molecule has 2 heterocycles. The molecular formula is C13H15N7. The summed E-state index contributed by atoms with van der Waals surface area (Å²) in [6, 6.07) is 9.84. The molecule has 0 amide bonds. The molecular weight excluding hydrogens is 254 g/mol. The van der Waals surface area contributed by atoms with Crippen LogP contribution in [-0.4, -0.2) is 25.2 Å². The minimum Gasteiger partial charge on any atom is -0.271 e. The van der Waals surface area contributed by atoms with Gasteiger partial charge in [0, 0.05) is 18.0 Å². The van der Waals surface area contributed by atoms with E-state index in [4.69, 9.17) is 5.84 Å². The largest absolute Gasteiger partial charge is 0.271 e. The molecule has 0 spiro atoms. The molecule has 0 fully saturated rings. The number of nitrogens with one attached hydrogen (secondary N) is 1. The van der Waals surface area contributed by atoms with E-state index in [1.807, 2.05) is 30.3 Å². The molecule has 20 heavy (non-hydrogen) atoms. The number of tetrazole rings is 1. The van der Waals surface area contributed by atoms with Crippen molar-refractivity contribution in [1.82, 2.24) is 30.6 Å². The number of aryl methyl sites for hydroxylation is 1. The molecule has 102 valence electrons. The fourth-order valence-corrected chi connectivity index (χ4v) is 2.28. The highest BCUT2D eigenvalue weighted by Crippen LogP contribution is 2.24. The van der Waals surface area contributed by atoms with Gasteiger partial charge in [0.25, 0.3) is 0 Å². The average Bonchev–Trinajstić information content (AvgIpc) is 2.89. The van der Waals surface area contributed by atoms with Crippen molar-refractivity contribution in [2.45, 2.75) is 12.5 Å². The first-order chi connectivity index (χ1) is 9.78. The third-order valence-corrected chi connectivity index (χ3v) is 3.19. The zero-order chi connectivity index (χ0) is 13.9. The van der Waals surface area contributed by atoms with Crippen molar-refractivity contribution in [2.24, 2.45) is 12.9 Å². The van der Waals surface area contributed by atoms with Gasteiger partial charge in [-0.2, -0.15) is 4.80 Å². The lowest BCUT2D eigenvalue weighted by atomic mass is 9.99. The summed E-state index contributed by atoms with van der Waals surface area (Å²) >= 11 is 0. The van der Waals surface area contributed by atoms with Crippen molar-refractivity contribution in [3.05, 3.63) is 47.9 Å². The molecule has 3 rings (SSSR count). The molecule has 0 radical (unpaired) electrons. The molecule has 7 heteroatoms. The second-order valence-corrected chi connectivity index (χ2v) is 4.54. The second-order valence-electron chi connectivity index (χ2n) is 4.54. The van der Waals surface area contributed by atoms with Gasteiger partial charge < -0.3 is 0 Å². The van der Waals surface area contributed by atoms with Gasteiger partial charge in [-0.1, -0.05) is 18.2 Å². The third kappa shape index (κ3) is 2.36. The van der Waals surface area contributed by atoms with E-state index in [-0.39, 0.29) is 6.04 Å². The van der Waals surface area contributed by atoms with Crippen molar-refractivity contribution in [3.63, 3.8) is 0 Å². The van der Waals surface area contributed by atoms with Crippen molar-refractivity contribution in [3.8, 4) is 0 Å². The van der Waals surface area contributed by atoms with Crippen LogP contribution in [-0.2, 0) is 13.5 Å². The highest BCUT2D eigenvalue weighted by atomic mass is 15.6. The third-order valence-electron chi connectivity index (χ3n) is 3.19. The lowest BCUT2D eigenvalue weighted by molar-refractivity contribution is 0.539. The summed E-state index contributed by atoms with van der Waals surface area (Å²) in [6.45, 7) is 0. The summed E-state index contributed by atoms with van der Waals surface area (Å²) in [5, 5.41) is 13.1. The Morgan fingerprint density at radius 2 is 2.20 bits per heavy atom. The Bertz CT molecular complexity index is 716. The van der Waals surface area contributed by atoms with Gasteiger partial charge in [-0.05, 0) is 22.9 Å². The zero-order valence-electron chi connectivity index (χ0n) is 11.1. The fourth-order valence-electron chi connectivity index (χ4n) is 2.28. The maximum Gasteiger partial charge on any atom is 0.176 e. The number of nitrogens with zero attached hydrogens (tertiary/aromatic N) is 5. The molecule has 0 aliphatic heterocycles. The Balaban J connectivity index is 1.98. The van der Waals surface area contributed by atoms with Gasteiger partial charge in [0.2, 0.25) is 0 Å². The van der Waals surface area contributed by atoms with Gasteiger partial charge in [-0.3, -0.25) is 16.3 Å². The molecule has 0 aliphatic rings. The summed E-state index contributed by atoms with van der Waals surface area (Å²) in [5.74, 6) is 6.35. The Morgan fingerprint density at radius 1 is 1.30 bits per heavy atom. The van der Waals surface area contributed by atoms with Crippen LogP contribution in [0.1, 0.15) is 17.4 Å². The van der Waals surface area contributed by atoms with Crippen LogP contribution in [0.4, 0.5) is 0 Å². The van der Waals surface area contributed by atoms with E-state index in [1.54, 1.807) is 13.2 Å². The molecule has 3 aromatic rings. The first-order valence-electron chi connectivity index (χ1n) is 6.30. The number of hydrazine groups is 1. The molecule has 7 nitrogen and oxygen atoms in total. The van der Waals surface area contributed by atoms with E-state index < -0.39 is 0 Å². The Kier molecular flexibility index (Phi) is 3.36. The van der Waals surface area contributed by atoms with Crippen molar-refractivity contribution in [1.29, 1.82) is 0 Å². The normalized spacial score (nSPS) is 12.7. The van der Waals surface area contributed by atoms with Gasteiger partial charge >= 0.3 is 0 Å². The lowest BCUT2D eigenvalue weighted by Gasteiger charge is -2.16. The standard InChI is InChI=1S/C13H15N7/c1-20-18-13(17-19-20)8-12(16-14)10-4-2-6-11-9(10)5-3-7-15-11/h2-7,12,16H,8,14H2,1H3. The van der Waals surface area contributed by atoms with E-state index in [0.29, 0.717) is 12.2 Å². The molecule has 0 aliphatic carbocycles. The summed E-state index contributed by atoms with van der Waals surface area (Å²) in [5.41, 5.74) is 4.84. The highest BCUT2D eigenvalue weighted by Gasteiger charge is 2.16. The van der Waals surface area contributed by atoms with Crippen LogP contribution in [0.3, 0.4) is 0 Å². The predicted octanol–water partition coefficient (Wildman–Crippen LogP) is 0.505. The highest BCUT2D eigenvalue weighted by molar-refractivity contribution is 5.82. The minimum absolute atomic E-state index is 0.0906. The maximum atomic E-state index is 5.70. The number of fused-ring (bicyclic) bond motifs is 1. The van der Waals surface area contributed by atoms with Crippen LogP contribution in [0.15, 0.2) is 36.5 Å². The van der Waals surface area contributed by atoms with Crippen molar-refractivity contribution >= 4 is 10.9 Å². The minimum atomic E-state index is -0.0906. The van der Waals surface area contributed by atoms with E-state index >= 15 is 0 Å². The summed E-state index contributed by atoms with van der Waals surface area (Å²) < 4.78 is 0. The van der Waals surface area contributed by atoms with Crippen LogP contribution in [0.25, 0.3) is 10.9 Å². The molecule has 2 aromatic heterocycles. The smallest absolute Gasteiger partial charge is 0.176 e. The van der Waals surface area contributed by atoms with Crippen molar-refractivity contribution < 1.29 is 0 Å². The number of rotatable bonds is 4. The number of benzene rings is 1. The predicted molar refractivity (Wildman–Crippen MR) is 74.3 cm³/mol. The van der Waals surface area contributed by atoms with Crippen LogP contribution >= 0.6 is 0 Å². The van der Waals surface area contributed by atoms with Crippen LogP contribution < -0.4 is 11.3 Å².